The van der Waals surface area contributed by atoms with E-state index in [2.05, 4.69) is 39.0 Å². The van der Waals surface area contributed by atoms with Crippen molar-refractivity contribution in [2.75, 3.05) is 0 Å². The van der Waals surface area contributed by atoms with Crippen LogP contribution in [-0.2, 0) is 0 Å². The molecule has 1 fully saturated rings. The van der Waals surface area contributed by atoms with E-state index < -0.39 is 5.60 Å². The van der Waals surface area contributed by atoms with E-state index in [9.17, 15) is 5.11 Å². The highest BCUT2D eigenvalue weighted by molar-refractivity contribution is 5.10. The maximum Gasteiger partial charge on any atom is 0.0622 e. The van der Waals surface area contributed by atoms with Crippen LogP contribution >= 0.6 is 0 Å². The average molecular weight is 290 g/mol. The number of hydrogen-bond donors (Lipinski definition) is 1. The summed E-state index contributed by atoms with van der Waals surface area (Å²) in [6.07, 6.45) is 14.5. The Labute approximate surface area is 131 Å². The van der Waals surface area contributed by atoms with Gasteiger partial charge in [-0.1, -0.05) is 37.6 Å². The van der Waals surface area contributed by atoms with E-state index in [4.69, 9.17) is 0 Å². The molecular weight excluding hydrogens is 256 g/mol. The molecule has 0 heterocycles. The fourth-order valence-electron chi connectivity index (χ4n) is 4.53. The zero-order chi connectivity index (χ0) is 15.7. The van der Waals surface area contributed by atoms with Gasteiger partial charge in [0.15, 0.2) is 0 Å². The van der Waals surface area contributed by atoms with Gasteiger partial charge in [0.05, 0.1) is 5.60 Å². The van der Waals surface area contributed by atoms with Crippen molar-refractivity contribution >= 4 is 0 Å². The molecule has 2 aliphatic carbocycles. The van der Waals surface area contributed by atoms with E-state index >= 15 is 0 Å². The van der Waals surface area contributed by atoms with Crippen LogP contribution in [0, 0.1) is 23.2 Å². The van der Waals surface area contributed by atoms with Crippen molar-refractivity contribution in [3.8, 4) is 0 Å². The third-order valence-electron chi connectivity index (χ3n) is 6.02. The minimum atomic E-state index is -0.556. The second-order valence-corrected chi connectivity index (χ2v) is 8.50. The molecule has 0 unspecified atom stereocenters. The summed E-state index contributed by atoms with van der Waals surface area (Å²) >= 11 is 0. The smallest absolute Gasteiger partial charge is 0.0622 e. The van der Waals surface area contributed by atoms with Gasteiger partial charge in [0.25, 0.3) is 0 Å². The molecule has 0 aromatic carbocycles. The molecule has 0 amide bonds. The second-order valence-electron chi connectivity index (χ2n) is 8.50. The van der Waals surface area contributed by atoms with Crippen molar-refractivity contribution in [2.24, 2.45) is 23.2 Å². The first kappa shape index (κ1) is 16.8. The van der Waals surface area contributed by atoms with Crippen LogP contribution in [0.4, 0.5) is 0 Å². The zero-order valence-corrected chi connectivity index (χ0v) is 14.7. The minimum absolute atomic E-state index is 0.348. The molecule has 1 N–H and O–H groups in total. The Bertz CT molecular complexity index is 412. The van der Waals surface area contributed by atoms with Crippen molar-refractivity contribution in [1.82, 2.24) is 0 Å². The molecule has 1 saturated carbocycles. The summed E-state index contributed by atoms with van der Waals surface area (Å²) in [4.78, 5) is 0. The van der Waals surface area contributed by atoms with E-state index in [1.807, 2.05) is 13.8 Å². The highest BCUT2D eigenvalue weighted by atomic mass is 16.3. The number of hydrogen-bond acceptors (Lipinski definition) is 1. The van der Waals surface area contributed by atoms with Crippen LogP contribution in [0.1, 0.15) is 73.1 Å². The Morgan fingerprint density at radius 2 is 2.00 bits per heavy atom. The quantitative estimate of drug-likeness (QED) is 0.632. The van der Waals surface area contributed by atoms with Gasteiger partial charge in [-0.3, -0.25) is 0 Å². The lowest BCUT2D eigenvalue weighted by molar-refractivity contribution is -0.0139. The van der Waals surface area contributed by atoms with Gasteiger partial charge in [0.2, 0.25) is 0 Å². The van der Waals surface area contributed by atoms with Crippen molar-refractivity contribution in [2.45, 2.75) is 78.7 Å². The van der Waals surface area contributed by atoms with Gasteiger partial charge in [-0.15, -0.1) is 0 Å². The highest BCUT2D eigenvalue weighted by Gasteiger charge is 2.48. The number of aliphatic hydroxyl groups is 1. The molecule has 21 heavy (non-hydrogen) atoms. The Balaban J connectivity index is 2.29. The predicted octanol–water partition coefficient (Wildman–Crippen LogP) is 5.50. The summed E-state index contributed by atoms with van der Waals surface area (Å²) in [6.45, 7) is 11.1. The van der Waals surface area contributed by atoms with Crippen LogP contribution in [0.5, 0.6) is 0 Å². The Kier molecular flexibility index (Phi) is 5.03. The molecule has 1 nitrogen and oxygen atoms in total. The lowest BCUT2D eigenvalue weighted by Crippen LogP contribution is -2.37. The summed E-state index contributed by atoms with van der Waals surface area (Å²) in [5.41, 5.74) is 1.32. The minimum Gasteiger partial charge on any atom is -0.390 e. The molecule has 0 saturated heterocycles. The van der Waals surface area contributed by atoms with Gasteiger partial charge >= 0.3 is 0 Å². The average Bonchev–Trinajstić information content (AvgIpc) is 2.65. The molecule has 0 aromatic rings. The van der Waals surface area contributed by atoms with Gasteiger partial charge in [-0.2, -0.15) is 0 Å². The molecule has 4 atom stereocenters. The van der Waals surface area contributed by atoms with Gasteiger partial charge in [0, 0.05) is 0 Å². The molecule has 0 aliphatic heterocycles. The first-order valence-corrected chi connectivity index (χ1v) is 8.77. The van der Waals surface area contributed by atoms with Crippen LogP contribution in [0.15, 0.2) is 23.8 Å². The normalized spacial score (nSPS) is 42.6. The Morgan fingerprint density at radius 1 is 1.29 bits per heavy atom. The zero-order valence-electron chi connectivity index (χ0n) is 14.7. The molecule has 2 rings (SSSR count). The van der Waals surface area contributed by atoms with Gasteiger partial charge < -0.3 is 5.11 Å². The van der Waals surface area contributed by atoms with Crippen LogP contribution in [0.25, 0.3) is 0 Å². The van der Waals surface area contributed by atoms with Crippen molar-refractivity contribution in [3.05, 3.63) is 23.8 Å². The van der Waals surface area contributed by atoms with Crippen LogP contribution in [0.2, 0.25) is 0 Å². The lowest BCUT2D eigenvalue weighted by atomic mass is 9.68. The molecule has 120 valence electrons. The van der Waals surface area contributed by atoms with E-state index in [1.165, 1.54) is 37.7 Å². The third kappa shape index (κ3) is 4.00. The largest absolute Gasteiger partial charge is 0.390 e. The SMILES string of the molecule is C/C1=C\CC[C@@H](C)/C=C/C[C@@]2(C)CC[C@@H](C(C)(C)O)[C@@H]2C1. The lowest BCUT2D eigenvalue weighted by Gasteiger charge is -2.38. The fourth-order valence-corrected chi connectivity index (χ4v) is 4.53. The molecular formula is C20H34O. The molecule has 0 radical (unpaired) electrons. The summed E-state index contributed by atoms with van der Waals surface area (Å²) in [5.74, 6) is 1.71. The molecule has 0 bridgehead atoms. The Morgan fingerprint density at radius 3 is 2.67 bits per heavy atom. The standard InChI is InChI=1S/C20H34O/c1-15-8-6-9-16(2)14-18-17(19(3,4)21)11-13-20(18,5)12-7-10-15/h7,9-10,15,17-18,21H,6,8,11-14H2,1-5H3/b10-7+,16-9+/t15-,17-,18+,20+/m1/s1. The van der Waals surface area contributed by atoms with Crippen LogP contribution in [-0.4, -0.2) is 10.7 Å². The Hall–Kier alpha value is -0.560. The second kappa shape index (κ2) is 6.28. The van der Waals surface area contributed by atoms with E-state index in [-0.39, 0.29) is 0 Å². The van der Waals surface area contributed by atoms with Crippen molar-refractivity contribution in [3.63, 3.8) is 0 Å². The topological polar surface area (TPSA) is 20.2 Å². The van der Waals surface area contributed by atoms with Crippen molar-refractivity contribution in [1.29, 1.82) is 0 Å². The first-order valence-electron chi connectivity index (χ1n) is 8.77. The van der Waals surface area contributed by atoms with Gasteiger partial charge in [0.1, 0.15) is 0 Å². The molecule has 2 aliphatic rings. The number of allylic oxidation sites excluding steroid dienone is 4. The van der Waals surface area contributed by atoms with Gasteiger partial charge in [-0.05, 0) is 82.5 Å². The summed E-state index contributed by atoms with van der Waals surface area (Å²) in [5, 5.41) is 10.6. The molecule has 0 aromatic heterocycles. The van der Waals surface area contributed by atoms with Crippen molar-refractivity contribution < 1.29 is 5.11 Å². The first-order chi connectivity index (χ1) is 9.72. The van der Waals surface area contributed by atoms with Gasteiger partial charge in [-0.25, -0.2) is 0 Å². The maximum absolute atomic E-state index is 10.6. The molecule has 0 spiro atoms. The summed E-state index contributed by atoms with van der Waals surface area (Å²) in [7, 11) is 0. The third-order valence-corrected chi connectivity index (χ3v) is 6.02. The van der Waals surface area contributed by atoms with E-state index in [0.29, 0.717) is 23.2 Å². The van der Waals surface area contributed by atoms with E-state index in [0.717, 1.165) is 6.42 Å². The molecule has 1 heteroatoms. The predicted molar refractivity (Wildman–Crippen MR) is 91.1 cm³/mol. The monoisotopic (exact) mass is 290 g/mol. The summed E-state index contributed by atoms with van der Waals surface area (Å²) < 4.78 is 0. The van der Waals surface area contributed by atoms with Crippen LogP contribution < -0.4 is 0 Å². The fraction of sp³-hybridized carbons (Fsp3) is 0.800. The number of rotatable bonds is 1. The van der Waals surface area contributed by atoms with Crippen LogP contribution in [0.3, 0.4) is 0 Å². The summed E-state index contributed by atoms with van der Waals surface area (Å²) in [6, 6.07) is 0. The number of fused-ring (bicyclic) bond motifs is 1. The highest BCUT2D eigenvalue weighted by Crippen LogP contribution is 2.55. The maximum atomic E-state index is 10.6. The van der Waals surface area contributed by atoms with E-state index in [1.54, 1.807) is 0 Å².